The molecule has 0 aromatic heterocycles. The van der Waals surface area contributed by atoms with Crippen LogP contribution in [0.15, 0.2) is 48.5 Å². The third-order valence-electron chi connectivity index (χ3n) is 4.18. The molecule has 2 atom stereocenters. The highest BCUT2D eigenvalue weighted by Gasteiger charge is 2.12. The van der Waals surface area contributed by atoms with Crippen LogP contribution in [-0.4, -0.2) is 24.4 Å². The summed E-state index contributed by atoms with van der Waals surface area (Å²) in [4.78, 5) is 0. The number of hydrogen-bond donors (Lipinski definition) is 2. The highest BCUT2D eigenvalue weighted by atomic mass is 16.5. The van der Waals surface area contributed by atoms with E-state index >= 15 is 0 Å². The molecule has 24 heavy (non-hydrogen) atoms. The summed E-state index contributed by atoms with van der Waals surface area (Å²) in [5.74, 6) is 1.27. The Labute approximate surface area is 145 Å². The van der Waals surface area contributed by atoms with Crippen LogP contribution in [0.3, 0.4) is 0 Å². The van der Waals surface area contributed by atoms with Crippen molar-refractivity contribution in [1.82, 2.24) is 5.32 Å². The molecule has 0 aliphatic heterocycles. The Morgan fingerprint density at radius 3 is 2.42 bits per heavy atom. The zero-order valence-electron chi connectivity index (χ0n) is 15.1. The Morgan fingerprint density at radius 1 is 1.04 bits per heavy atom. The van der Waals surface area contributed by atoms with Crippen molar-refractivity contribution in [3.63, 3.8) is 0 Å². The van der Waals surface area contributed by atoms with Crippen molar-refractivity contribution in [2.75, 3.05) is 13.2 Å². The van der Waals surface area contributed by atoms with Gasteiger partial charge in [-0.05, 0) is 42.5 Å². The summed E-state index contributed by atoms with van der Waals surface area (Å²) in [5.41, 5.74) is 3.56. The zero-order valence-corrected chi connectivity index (χ0v) is 15.1. The molecule has 0 amide bonds. The Balaban J connectivity index is 1.85. The normalized spacial score (nSPS) is 13.8. The van der Waals surface area contributed by atoms with E-state index in [9.17, 15) is 5.11 Å². The topological polar surface area (TPSA) is 41.5 Å². The van der Waals surface area contributed by atoms with E-state index in [2.05, 4.69) is 57.3 Å². The molecule has 0 radical (unpaired) electrons. The minimum absolute atomic E-state index is 0.200. The smallest absolute Gasteiger partial charge is 0.123 e. The molecule has 0 heterocycles. The van der Waals surface area contributed by atoms with E-state index in [1.54, 1.807) is 0 Å². The van der Waals surface area contributed by atoms with Crippen molar-refractivity contribution >= 4 is 0 Å². The monoisotopic (exact) mass is 327 g/mol. The van der Waals surface area contributed by atoms with Gasteiger partial charge in [-0.1, -0.05) is 56.3 Å². The predicted molar refractivity (Wildman–Crippen MR) is 99.6 cm³/mol. The lowest BCUT2D eigenvalue weighted by Crippen LogP contribution is -2.33. The number of aliphatic hydroxyl groups is 1. The third-order valence-corrected chi connectivity index (χ3v) is 4.18. The van der Waals surface area contributed by atoms with Gasteiger partial charge in [0.25, 0.3) is 0 Å². The first-order valence-corrected chi connectivity index (χ1v) is 8.67. The van der Waals surface area contributed by atoms with Gasteiger partial charge in [0.15, 0.2) is 0 Å². The van der Waals surface area contributed by atoms with Crippen LogP contribution in [-0.2, 0) is 0 Å². The molecule has 2 N–H and O–H groups in total. The summed E-state index contributed by atoms with van der Waals surface area (Å²) in [5, 5.41) is 13.6. The van der Waals surface area contributed by atoms with Gasteiger partial charge in [0.2, 0.25) is 0 Å². The van der Waals surface area contributed by atoms with Crippen molar-refractivity contribution in [1.29, 1.82) is 0 Å². The Hall–Kier alpha value is -1.84. The lowest BCUT2D eigenvalue weighted by atomic mass is 10.0. The number of aryl methyl sites for hydroxylation is 1. The van der Waals surface area contributed by atoms with Gasteiger partial charge in [0.1, 0.15) is 18.5 Å². The molecule has 2 aromatic carbocycles. The van der Waals surface area contributed by atoms with Crippen molar-refractivity contribution in [2.45, 2.75) is 45.8 Å². The first kappa shape index (κ1) is 18.5. The summed E-state index contributed by atoms with van der Waals surface area (Å²) in [6.45, 7) is 9.24. The molecule has 3 heteroatoms. The van der Waals surface area contributed by atoms with Crippen LogP contribution in [0.25, 0.3) is 0 Å². The maximum Gasteiger partial charge on any atom is 0.123 e. The first-order valence-electron chi connectivity index (χ1n) is 8.67. The molecule has 0 aliphatic carbocycles. The van der Waals surface area contributed by atoms with Gasteiger partial charge in [0.05, 0.1) is 0 Å². The van der Waals surface area contributed by atoms with Crippen LogP contribution in [0.1, 0.15) is 49.4 Å². The Bertz CT molecular complexity index is 625. The number of hydrogen-bond acceptors (Lipinski definition) is 3. The average molecular weight is 327 g/mol. The molecular formula is C21H29NO2. The van der Waals surface area contributed by atoms with Gasteiger partial charge in [-0.3, -0.25) is 0 Å². The fraction of sp³-hybridized carbons (Fsp3) is 0.429. The summed E-state index contributed by atoms with van der Waals surface area (Å²) >= 11 is 0. The molecule has 0 aliphatic rings. The van der Waals surface area contributed by atoms with Crippen LogP contribution in [0.4, 0.5) is 0 Å². The molecule has 0 unspecified atom stereocenters. The number of aliphatic hydroxyl groups excluding tert-OH is 1. The molecule has 0 saturated carbocycles. The molecule has 0 saturated heterocycles. The molecule has 0 fully saturated rings. The first-order chi connectivity index (χ1) is 11.5. The van der Waals surface area contributed by atoms with E-state index in [0.717, 1.165) is 5.75 Å². The largest absolute Gasteiger partial charge is 0.491 e. The van der Waals surface area contributed by atoms with Crippen molar-refractivity contribution < 1.29 is 9.84 Å². The van der Waals surface area contributed by atoms with Gasteiger partial charge in [-0.2, -0.15) is 0 Å². The second-order valence-corrected chi connectivity index (χ2v) is 6.70. The second-order valence-electron chi connectivity index (χ2n) is 6.70. The summed E-state index contributed by atoms with van der Waals surface area (Å²) in [6, 6.07) is 16.7. The minimum Gasteiger partial charge on any atom is -0.491 e. The van der Waals surface area contributed by atoms with E-state index in [1.165, 1.54) is 16.7 Å². The van der Waals surface area contributed by atoms with Crippen molar-refractivity contribution in [3.05, 3.63) is 65.2 Å². The number of ether oxygens (including phenoxy) is 1. The average Bonchev–Trinajstić information content (AvgIpc) is 2.58. The van der Waals surface area contributed by atoms with Gasteiger partial charge in [-0.25, -0.2) is 0 Å². The Morgan fingerprint density at radius 2 is 1.75 bits per heavy atom. The van der Waals surface area contributed by atoms with Crippen molar-refractivity contribution in [2.24, 2.45) is 0 Å². The molecular weight excluding hydrogens is 298 g/mol. The van der Waals surface area contributed by atoms with Crippen LogP contribution in [0.2, 0.25) is 0 Å². The van der Waals surface area contributed by atoms with Crippen molar-refractivity contribution in [3.8, 4) is 5.75 Å². The molecule has 0 bridgehead atoms. The van der Waals surface area contributed by atoms with Gasteiger partial charge >= 0.3 is 0 Å². The Kier molecular flexibility index (Phi) is 6.83. The standard InChI is InChI=1S/C21H29NO2/c1-15(2)20-11-10-16(3)12-21(20)24-14-19(23)13-22-17(4)18-8-6-5-7-9-18/h5-12,15,17,19,22-23H,13-14H2,1-4H3/t17-,19-/m0/s1. The van der Waals surface area contributed by atoms with Gasteiger partial charge < -0.3 is 15.2 Å². The fourth-order valence-electron chi connectivity index (χ4n) is 2.66. The number of benzene rings is 2. The van der Waals surface area contributed by atoms with E-state index in [-0.39, 0.29) is 12.6 Å². The fourth-order valence-corrected chi connectivity index (χ4v) is 2.66. The molecule has 2 rings (SSSR count). The maximum atomic E-state index is 10.2. The third kappa shape index (κ3) is 5.36. The lowest BCUT2D eigenvalue weighted by molar-refractivity contribution is 0.103. The number of rotatable bonds is 8. The molecule has 130 valence electrons. The summed E-state index contributed by atoms with van der Waals surface area (Å²) in [7, 11) is 0. The lowest BCUT2D eigenvalue weighted by Gasteiger charge is -2.20. The summed E-state index contributed by atoms with van der Waals surface area (Å²) < 4.78 is 5.89. The van der Waals surface area contributed by atoms with Gasteiger partial charge in [-0.15, -0.1) is 0 Å². The summed E-state index contributed by atoms with van der Waals surface area (Å²) in [6.07, 6.45) is -0.545. The number of nitrogens with one attached hydrogen (secondary N) is 1. The highest BCUT2D eigenvalue weighted by Crippen LogP contribution is 2.27. The molecule has 3 nitrogen and oxygen atoms in total. The SMILES string of the molecule is Cc1ccc(C(C)C)c(OC[C@@H](O)CN[C@@H](C)c2ccccc2)c1. The minimum atomic E-state index is -0.545. The van der Waals surface area contributed by atoms with Crippen LogP contribution in [0.5, 0.6) is 5.75 Å². The second kappa shape index (κ2) is 8.86. The highest BCUT2D eigenvalue weighted by molar-refractivity contribution is 5.39. The van der Waals surface area contributed by atoms with Crippen LogP contribution >= 0.6 is 0 Å². The van der Waals surface area contributed by atoms with E-state index < -0.39 is 6.10 Å². The van der Waals surface area contributed by atoms with Crippen LogP contribution in [0, 0.1) is 6.92 Å². The zero-order chi connectivity index (χ0) is 17.5. The van der Waals surface area contributed by atoms with E-state index in [4.69, 9.17) is 4.74 Å². The maximum absolute atomic E-state index is 10.2. The van der Waals surface area contributed by atoms with Gasteiger partial charge in [0, 0.05) is 12.6 Å². The van der Waals surface area contributed by atoms with E-state index in [0.29, 0.717) is 12.5 Å². The molecule has 2 aromatic rings. The van der Waals surface area contributed by atoms with Crippen LogP contribution < -0.4 is 10.1 Å². The molecule has 0 spiro atoms. The quantitative estimate of drug-likeness (QED) is 0.763. The predicted octanol–water partition coefficient (Wildman–Crippen LogP) is 4.21. The van der Waals surface area contributed by atoms with E-state index in [1.807, 2.05) is 24.3 Å².